The molecule has 0 saturated heterocycles. The van der Waals surface area contributed by atoms with Gasteiger partial charge in [0.25, 0.3) is 0 Å². The zero-order valence-electron chi connectivity index (χ0n) is 15.4. The molecule has 0 heterocycles. The number of methoxy groups -OCH3 is 2. The number of nitriles is 1. The highest BCUT2D eigenvalue weighted by Crippen LogP contribution is 2.33. The van der Waals surface area contributed by atoms with Gasteiger partial charge in [-0.1, -0.05) is 25.5 Å². The molecule has 0 aliphatic carbocycles. The highest BCUT2D eigenvalue weighted by Gasteiger charge is 2.11. The van der Waals surface area contributed by atoms with Crippen molar-refractivity contribution in [2.75, 3.05) is 20.0 Å². The number of unbranched alkanes of at least 4 members (excludes halogenated alkanes) is 1. The lowest BCUT2D eigenvalue weighted by molar-refractivity contribution is 0.352. The molecule has 0 spiro atoms. The summed E-state index contributed by atoms with van der Waals surface area (Å²) >= 11 is 1.77. The summed E-state index contributed by atoms with van der Waals surface area (Å²) in [5.41, 5.74) is 4.19. The fourth-order valence-corrected chi connectivity index (χ4v) is 3.94. The number of benzene rings is 2. The molecule has 0 aliphatic heterocycles. The Morgan fingerprint density at radius 1 is 1.08 bits per heavy atom. The molecule has 2 aromatic carbocycles. The van der Waals surface area contributed by atoms with E-state index in [4.69, 9.17) is 9.47 Å². The zero-order valence-corrected chi connectivity index (χ0v) is 16.2. The fourth-order valence-electron chi connectivity index (χ4n) is 2.78. The quantitative estimate of drug-likeness (QED) is 0.472. The SMILES string of the molecule is CCCCSc1cc(Cc2cc(C)c(OC)c(OC)c2)ccc1C#N. The topological polar surface area (TPSA) is 42.2 Å². The van der Waals surface area contributed by atoms with Crippen LogP contribution in [0.1, 0.15) is 42.0 Å². The van der Waals surface area contributed by atoms with E-state index in [0.717, 1.165) is 46.1 Å². The Kier molecular flexibility index (Phi) is 7.21. The first-order chi connectivity index (χ1) is 12.1. The lowest BCUT2D eigenvalue weighted by atomic mass is 10.0. The average molecular weight is 356 g/mol. The highest BCUT2D eigenvalue weighted by molar-refractivity contribution is 7.99. The first-order valence-corrected chi connectivity index (χ1v) is 9.48. The van der Waals surface area contributed by atoms with Gasteiger partial charge in [-0.2, -0.15) is 5.26 Å². The summed E-state index contributed by atoms with van der Waals surface area (Å²) in [6, 6.07) is 12.6. The van der Waals surface area contributed by atoms with Crippen molar-refractivity contribution >= 4 is 11.8 Å². The third-order valence-corrected chi connectivity index (χ3v) is 5.20. The molecule has 0 aromatic heterocycles. The average Bonchev–Trinajstić information content (AvgIpc) is 2.61. The highest BCUT2D eigenvalue weighted by atomic mass is 32.2. The molecule has 3 nitrogen and oxygen atoms in total. The summed E-state index contributed by atoms with van der Waals surface area (Å²) in [5.74, 6) is 2.58. The third kappa shape index (κ3) is 4.93. The standard InChI is InChI=1S/C21H25NO2S/c1-5-6-9-25-20-13-16(7-8-18(20)14-22)11-17-10-15(2)21(24-4)19(12-17)23-3/h7-8,10,12-13H,5-6,9,11H2,1-4H3. The van der Waals surface area contributed by atoms with E-state index in [1.54, 1.807) is 26.0 Å². The molecular weight excluding hydrogens is 330 g/mol. The van der Waals surface area contributed by atoms with Crippen molar-refractivity contribution in [3.63, 3.8) is 0 Å². The lowest BCUT2D eigenvalue weighted by Crippen LogP contribution is -1.97. The molecule has 2 rings (SSSR count). The first-order valence-electron chi connectivity index (χ1n) is 8.50. The summed E-state index contributed by atoms with van der Waals surface area (Å²) < 4.78 is 10.9. The third-order valence-electron chi connectivity index (χ3n) is 4.05. The smallest absolute Gasteiger partial charge is 0.163 e. The summed E-state index contributed by atoms with van der Waals surface area (Å²) in [5, 5.41) is 9.32. The lowest BCUT2D eigenvalue weighted by Gasteiger charge is -2.13. The van der Waals surface area contributed by atoms with Gasteiger partial charge in [0.2, 0.25) is 0 Å². The van der Waals surface area contributed by atoms with Gasteiger partial charge in [-0.05, 0) is 60.4 Å². The molecule has 0 unspecified atom stereocenters. The number of rotatable bonds is 8. The Hall–Kier alpha value is -2.12. The summed E-state index contributed by atoms with van der Waals surface area (Å²) in [4.78, 5) is 1.07. The van der Waals surface area contributed by atoms with Crippen LogP contribution in [0.2, 0.25) is 0 Å². The second-order valence-corrected chi connectivity index (χ2v) is 7.11. The van der Waals surface area contributed by atoms with E-state index in [0.29, 0.717) is 0 Å². The van der Waals surface area contributed by atoms with Crippen LogP contribution in [0, 0.1) is 18.3 Å². The number of ether oxygens (including phenoxy) is 2. The molecule has 0 atom stereocenters. The maximum absolute atomic E-state index is 9.32. The number of nitrogens with zero attached hydrogens (tertiary/aromatic N) is 1. The van der Waals surface area contributed by atoms with Crippen molar-refractivity contribution in [1.29, 1.82) is 5.26 Å². The normalized spacial score (nSPS) is 10.4. The van der Waals surface area contributed by atoms with Crippen LogP contribution in [0.3, 0.4) is 0 Å². The molecule has 2 aromatic rings. The second-order valence-electron chi connectivity index (χ2n) is 5.97. The molecule has 0 N–H and O–H groups in total. The summed E-state index contributed by atoms with van der Waals surface area (Å²) in [6.45, 7) is 4.21. The zero-order chi connectivity index (χ0) is 18.2. The number of hydrogen-bond acceptors (Lipinski definition) is 4. The van der Waals surface area contributed by atoms with Gasteiger partial charge in [0, 0.05) is 4.90 Å². The van der Waals surface area contributed by atoms with Crippen LogP contribution in [0.25, 0.3) is 0 Å². The molecule has 0 aliphatic rings. The Morgan fingerprint density at radius 3 is 2.52 bits per heavy atom. The van der Waals surface area contributed by atoms with Gasteiger partial charge in [-0.3, -0.25) is 0 Å². The molecule has 4 heteroatoms. The van der Waals surface area contributed by atoms with E-state index in [1.165, 1.54) is 17.5 Å². The number of hydrogen-bond donors (Lipinski definition) is 0. The molecule has 0 amide bonds. The maximum Gasteiger partial charge on any atom is 0.163 e. The van der Waals surface area contributed by atoms with E-state index in [9.17, 15) is 5.26 Å². The van der Waals surface area contributed by atoms with E-state index in [2.05, 4.69) is 25.1 Å². The Balaban J connectivity index is 2.27. The van der Waals surface area contributed by atoms with Gasteiger partial charge in [0.15, 0.2) is 11.5 Å². The van der Waals surface area contributed by atoms with E-state index >= 15 is 0 Å². The Bertz CT molecular complexity index is 765. The predicted molar refractivity (Wildman–Crippen MR) is 104 cm³/mol. The number of aryl methyl sites for hydroxylation is 1. The van der Waals surface area contributed by atoms with Crippen molar-refractivity contribution in [2.24, 2.45) is 0 Å². The molecule has 0 radical (unpaired) electrons. The summed E-state index contributed by atoms with van der Waals surface area (Å²) in [7, 11) is 3.32. The van der Waals surface area contributed by atoms with E-state index < -0.39 is 0 Å². The maximum atomic E-state index is 9.32. The second kappa shape index (κ2) is 9.39. The van der Waals surface area contributed by atoms with Gasteiger partial charge >= 0.3 is 0 Å². The first kappa shape index (κ1) is 19.2. The molecular formula is C21H25NO2S. The Labute approximate surface area is 155 Å². The van der Waals surface area contributed by atoms with Crippen LogP contribution in [0.15, 0.2) is 35.2 Å². The number of thioether (sulfide) groups is 1. The van der Waals surface area contributed by atoms with Crippen molar-refractivity contribution in [3.8, 4) is 17.6 Å². The molecule has 0 bridgehead atoms. The van der Waals surface area contributed by atoms with Crippen LogP contribution in [0.4, 0.5) is 0 Å². The molecule has 0 saturated carbocycles. The molecule has 0 fully saturated rings. The Morgan fingerprint density at radius 2 is 1.88 bits per heavy atom. The van der Waals surface area contributed by atoms with Crippen molar-refractivity contribution in [1.82, 2.24) is 0 Å². The van der Waals surface area contributed by atoms with Gasteiger partial charge in [0.1, 0.15) is 6.07 Å². The monoisotopic (exact) mass is 355 g/mol. The van der Waals surface area contributed by atoms with Crippen molar-refractivity contribution < 1.29 is 9.47 Å². The fraction of sp³-hybridized carbons (Fsp3) is 0.381. The minimum Gasteiger partial charge on any atom is -0.493 e. The molecule has 132 valence electrons. The summed E-state index contributed by atoms with van der Waals surface area (Å²) in [6.07, 6.45) is 3.13. The van der Waals surface area contributed by atoms with Crippen LogP contribution < -0.4 is 9.47 Å². The van der Waals surface area contributed by atoms with Crippen molar-refractivity contribution in [2.45, 2.75) is 38.0 Å². The van der Waals surface area contributed by atoms with Crippen LogP contribution in [-0.4, -0.2) is 20.0 Å². The molecule has 25 heavy (non-hydrogen) atoms. The van der Waals surface area contributed by atoms with Gasteiger partial charge in [-0.15, -0.1) is 11.8 Å². The van der Waals surface area contributed by atoms with E-state index in [1.807, 2.05) is 25.1 Å². The van der Waals surface area contributed by atoms with Crippen LogP contribution >= 0.6 is 11.8 Å². The van der Waals surface area contributed by atoms with Crippen LogP contribution in [-0.2, 0) is 6.42 Å². The van der Waals surface area contributed by atoms with Gasteiger partial charge in [-0.25, -0.2) is 0 Å². The van der Waals surface area contributed by atoms with Gasteiger partial charge in [0.05, 0.1) is 19.8 Å². The van der Waals surface area contributed by atoms with Gasteiger partial charge < -0.3 is 9.47 Å². The largest absolute Gasteiger partial charge is 0.493 e. The predicted octanol–water partition coefficient (Wildman–Crippen LogP) is 5.37. The van der Waals surface area contributed by atoms with E-state index in [-0.39, 0.29) is 0 Å². The van der Waals surface area contributed by atoms with Crippen molar-refractivity contribution in [3.05, 3.63) is 52.6 Å². The minimum atomic E-state index is 0.753. The minimum absolute atomic E-state index is 0.753. The van der Waals surface area contributed by atoms with Crippen LogP contribution in [0.5, 0.6) is 11.5 Å².